The Morgan fingerprint density at radius 3 is 3.04 bits per heavy atom. The van der Waals surface area contributed by atoms with Gasteiger partial charge in [0.2, 0.25) is 0 Å². The SMILES string of the molecule is c1coc(C(CNCC2CNc3ccnn3C2)N2CCCCC2)c1. The summed E-state index contributed by atoms with van der Waals surface area (Å²) < 4.78 is 7.78. The highest BCUT2D eigenvalue weighted by Crippen LogP contribution is 2.24. The molecular weight excluding hydrogens is 302 g/mol. The van der Waals surface area contributed by atoms with E-state index in [0.29, 0.717) is 12.0 Å². The van der Waals surface area contributed by atoms with Crippen LogP contribution in [0.4, 0.5) is 5.82 Å². The molecule has 2 aliphatic heterocycles. The summed E-state index contributed by atoms with van der Waals surface area (Å²) in [6.07, 6.45) is 7.60. The Bertz CT molecular complexity index is 617. The highest BCUT2D eigenvalue weighted by Gasteiger charge is 2.25. The van der Waals surface area contributed by atoms with E-state index in [4.69, 9.17) is 4.42 Å². The summed E-state index contributed by atoms with van der Waals surface area (Å²) in [6.45, 7) is 6.28. The number of fused-ring (bicyclic) bond motifs is 1. The molecule has 4 heterocycles. The maximum atomic E-state index is 5.72. The molecule has 0 radical (unpaired) electrons. The second kappa shape index (κ2) is 7.40. The first-order valence-corrected chi connectivity index (χ1v) is 9.14. The molecule has 1 fully saturated rings. The van der Waals surface area contributed by atoms with Crippen LogP contribution < -0.4 is 10.6 Å². The third-order valence-electron chi connectivity index (χ3n) is 5.19. The third-order valence-corrected chi connectivity index (χ3v) is 5.19. The number of anilines is 1. The van der Waals surface area contributed by atoms with Gasteiger partial charge in [0.15, 0.2) is 0 Å². The van der Waals surface area contributed by atoms with Gasteiger partial charge in [-0.1, -0.05) is 6.42 Å². The molecule has 0 amide bonds. The molecule has 130 valence electrons. The van der Waals surface area contributed by atoms with E-state index in [9.17, 15) is 0 Å². The van der Waals surface area contributed by atoms with Crippen molar-refractivity contribution in [1.29, 1.82) is 0 Å². The summed E-state index contributed by atoms with van der Waals surface area (Å²) in [6, 6.07) is 6.49. The first kappa shape index (κ1) is 15.7. The second-order valence-corrected chi connectivity index (χ2v) is 6.93. The molecule has 2 aromatic heterocycles. The third kappa shape index (κ3) is 3.49. The maximum absolute atomic E-state index is 5.72. The zero-order valence-electron chi connectivity index (χ0n) is 14.2. The number of nitrogens with zero attached hydrogens (tertiary/aromatic N) is 3. The van der Waals surface area contributed by atoms with Crippen LogP contribution in [-0.4, -0.2) is 47.4 Å². The van der Waals surface area contributed by atoms with Crippen LogP contribution in [0.3, 0.4) is 0 Å². The van der Waals surface area contributed by atoms with Gasteiger partial charge in [0.1, 0.15) is 11.6 Å². The second-order valence-electron chi connectivity index (χ2n) is 6.93. The Kier molecular flexibility index (Phi) is 4.85. The van der Waals surface area contributed by atoms with Crippen molar-refractivity contribution in [2.24, 2.45) is 5.92 Å². The number of aromatic nitrogens is 2. The number of rotatable bonds is 6. The van der Waals surface area contributed by atoms with Gasteiger partial charge in [0, 0.05) is 38.2 Å². The summed E-state index contributed by atoms with van der Waals surface area (Å²) in [5.41, 5.74) is 0. The monoisotopic (exact) mass is 329 g/mol. The largest absolute Gasteiger partial charge is 0.468 e. The van der Waals surface area contributed by atoms with Crippen LogP contribution in [0.25, 0.3) is 0 Å². The van der Waals surface area contributed by atoms with Gasteiger partial charge >= 0.3 is 0 Å². The fourth-order valence-electron chi connectivity index (χ4n) is 3.87. The molecule has 4 rings (SSSR count). The molecule has 24 heavy (non-hydrogen) atoms. The molecule has 6 nitrogen and oxygen atoms in total. The van der Waals surface area contributed by atoms with Crippen LogP contribution in [-0.2, 0) is 6.54 Å². The molecule has 0 bridgehead atoms. The fourth-order valence-corrected chi connectivity index (χ4v) is 3.87. The summed E-state index contributed by atoms with van der Waals surface area (Å²) in [5.74, 6) is 2.78. The smallest absolute Gasteiger partial charge is 0.124 e. The molecule has 0 spiro atoms. The summed E-state index contributed by atoms with van der Waals surface area (Å²) in [7, 11) is 0. The van der Waals surface area contributed by atoms with Gasteiger partial charge in [-0.2, -0.15) is 5.10 Å². The molecule has 2 aliphatic rings. The molecule has 2 aromatic rings. The highest BCUT2D eigenvalue weighted by atomic mass is 16.3. The van der Waals surface area contributed by atoms with Crippen molar-refractivity contribution in [3.63, 3.8) is 0 Å². The van der Waals surface area contributed by atoms with Crippen molar-refractivity contribution in [2.75, 3.05) is 38.0 Å². The lowest BCUT2D eigenvalue weighted by atomic mass is 10.1. The topological polar surface area (TPSA) is 58.3 Å². The van der Waals surface area contributed by atoms with Crippen molar-refractivity contribution < 1.29 is 4.42 Å². The molecule has 0 aromatic carbocycles. The van der Waals surface area contributed by atoms with E-state index in [1.165, 1.54) is 32.4 Å². The van der Waals surface area contributed by atoms with E-state index in [-0.39, 0.29) is 0 Å². The van der Waals surface area contributed by atoms with Gasteiger partial charge < -0.3 is 15.1 Å². The predicted molar refractivity (Wildman–Crippen MR) is 93.9 cm³/mol. The van der Waals surface area contributed by atoms with E-state index in [2.05, 4.69) is 31.4 Å². The van der Waals surface area contributed by atoms with Gasteiger partial charge in [0.25, 0.3) is 0 Å². The van der Waals surface area contributed by atoms with Crippen LogP contribution in [0, 0.1) is 5.92 Å². The van der Waals surface area contributed by atoms with E-state index in [0.717, 1.165) is 37.8 Å². The van der Waals surface area contributed by atoms with Gasteiger partial charge in [-0.3, -0.25) is 4.90 Å². The molecular formula is C18H27N5O. The Morgan fingerprint density at radius 2 is 2.21 bits per heavy atom. The number of furan rings is 1. The van der Waals surface area contributed by atoms with Crippen molar-refractivity contribution >= 4 is 5.82 Å². The number of piperidine rings is 1. The van der Waals surface area contributed by atoms with E-state index in [1.54, 1.807) is 6.26 Å². The Balaban J connectivity index is 1.32. The normalized spacial score (nSPS) is 22.8. The van der Waals surface area contributed by atoms with Crippen LogP contribution >= 0.6 is 0 Å². The zero-order chi connectivity index (χ0) is 16.2. The zero-order valence-corrected chi connectivity index (χ0v) is 14.2. The van der Waals surface area contributed by atoms with Crippen molar-refractivity contribution in [1.82, 2.24) is 20.0 Å². The molecule has 6 heteroatoms. The van der Waals surface area contributed by atoms with Gasteiger partial charge in [-0.05, 0) is 38.1 Å². The van der Waals surface area contributed by atoms with E-state index >= 15 is 0 Å². The van der Waals surface area contributed by atoms with Gasteiger partial charge in [0.05, 0.1) is 18.5 Å². The molecule has 2 unspecified atom stereocenters. The lowest BCUT2D eigenvalue weighted by molar-refractivity contribution is 0.141. The maximum Gasteiger partial charge on any atom is 0.124 e. The minimum atomic E-state index is 0.345. The Hall–Kier alpha value is -1.79. The molecule has 0 saturated carbocycles. The minimum Gasteiger partial charge on any atom is -0.468 e. The van der Waals surface area contributed by atoms with Crippen LogP contribution in [0.5, 0.6) is 0 Å². The molecule has 0 aliphatic carbocycles. The van der Waals surface area contributed by atoms with Crippen molar-refractivity contribution in [2.45, 2.75) is 31.8 Å². The average Bonchev–Trinajstić information content (AvgIpc) is 3.30. The summed E-state index contributed by atoms with van der Waals surface area (Å²) in [4.78, 5) is 2.57. The number of nitrogens with one attached hydrogen (secondary N) is 2. The Labute approximate surface area is 143 Å². The first-order chi connectivity index (χ1) is 11.9. The predicted octanol–water partition coefficient (Wildman–Crippen LogP) is 2.33. The lowest BCUT2D eigenvalue weighted by Gasteiger charge is -2.34. The summed E-state index contributed by atoms with van der Waals surface area (Å²) in [5, 5.41) is 11.5. The standard InChI is InChI=1S/C18H27N5O/c1-2-8-22(9-3-1)16(17-5-4-10-24-17)13-19-11-15-12-20-18-6-7-21-23(18)14-15/h4-7,10,15-16,19-20H,1-3,8-9,11-14H2. The molecule has 2 N–H and O–H groups in total. The number of hydrogen-bond acceptors (Lipinski definition) is 5. The highest BCUT2D eigenvalue weighted by molar-refractivity contribution is 5.35. The number of hydrogen-bond donors (Lipinski definition) is 2. The van der Waals surface area contributed by atoms with Gasteiger partial charge in [-0.15, -0.1) is 0 Å². The fraction of sp³-hybridized carbons (Fsp3) is 0.611. The average molecular weight is 329 g/mol. The minimum absolute atomic E-state index is 0.345. The van der Waals surface area contributed by atoms with E-state index in [1.807, 2.05) is 18.3 Å². The Morgan fingerprint density at radius 1 is 1.29 bits per heavy atom. The molecule has 2 atom stereocenters. The van der Waals surface area contributed by atoms with Crippen LogP contribution in [0.2, 0.25) is 0 Å². The lowest BCUT2D eigenvalue weighted by Crippen LogP contribution is -2.41. The van der Waals surface area contributed by atoms with Crippen LogP contribution in [0.15, 0.2) is 35.1 Å². The quantitative estimate of drug-likeness (QED) is 0.852. The number of likely N-dealkylation sites (tertiary alicyclic amines) is 1. The van der Waals surface area contributed by atoms with Gasteiger partial charge in [-0.25, -0.2) is 4.68 Å². The van der Waals surface area contributed by atoms with Crippen molar-refractivity contribution in [3.05, 3.63) is 36.4 Å². The molecule has 1 saturated heterocycles. The summed E-state index contributed by atoms with van der Waals surface area (Å²) >= 11 is 0. The van der Waals surface area contributed by atoms with Crippen LogP contribution in [0.1, 0.15) is 31.1 Å². The first-order valence-electron chi connectivity index (χ1n) is 9.14. The van der Waals surface area contributed by atoms with E-state index < -0.39 is 0 Å². The van der Waals surface area contributed by atoms with Crippen molar-refractivity contribution in [3.8, 4) is 0 Å².